The van der Waals surface area contributed by atoms with Crippen LogP contribution in [0.2, 0.25) is 0 Å². The molecule has 0 aromatic carbocycles. The quantitative estimate of drug-likeness (QED) is 0.635. The Labute approximate surface area is 83.5 Å². The Balaban J connectivity index is 2.47. The van der Waals surface area contributed by atoms with Gasteiger partial charge in [-0.15, -0.1) is 0 Å². The van der Waals surface area contributed by atoms with Crippen LogP contribution in [0.3, 0.4) is 0 Å². The van der Waals surface area contributed by atoms with Crippen molar-refractivity contribution in [2.45, 2.75) is 53.0 Å². The summed E-state index contributed by atoms with van der Waals surface area (Å²) < 4.78 is 0. The first-order chi connectivity index (χ1) is 6.13. The summed E-state index contributed by atoms with van der Waals surface area (Å²) in [6, 6.07) is 0.785. The molecule has 0 saturated carbocycles. The zero-order valence-electron chi connectivity index (χ0n) is 9.71. The van der Waals surface area contributed by atoms with Crippen molar-refractivity contribution in [1.29, 1.82) is 0 Å². The molecule has 1 aliphatic heterocycles. The van der Waals surface area contributed by atoms with E-state index in [1.807, 2.05) is 0 Å². The van der Waals surface area contributed by atoms with Crippen LogP contribution >= 0.6 is 0 Å². The number of hydrogen-bond acceptors (Lipinski definition) is 1. The lowest BCUT2D eigenvalue weighted by Crippen LogP contribution is -2.35. The second kappa shape index (κ2) is 4.99. The largest absolute Gasteiger partial charge is 0.300 e. The van der Waals surface area contributed by atoms with Crippen molar-refractivity contribution in [3.05, 3.63) is 0 Å². The Morgan fingerprint density at radius 1 is 1.31 bits per heavy atom. The molecule has 3 atom stereocenters. The molecule has 0 aliphatic carbocycles. The molecule has 0 N–H and O–H groups in total. The van der Waals surface area contributed by atoms with E-state index in [-0.39, 0.29) is 0 Å². The number of likely N-dealkylation sites (tertiary alicyclic amines) is 1. The molecule has 0 radical (unpaired) electrons. The summed E-state index contributed by atoms with van der Waals surface area (Å²) in [5.41, 5.74) is 0. The first kappa shape index (κ1) is 11.0. The molecule has 0 aromatic rings. The van der Waals surface area contributed by atoms with Crippen LogP contribution in [-0.4, -0.2) is 24.0 Å². The molecule has 1 saturated heterocycles. The fourth-order valence-corrected chi connectivity index (χ4v) is 2.42. The van der Waals surface area contributed by atoms with Crippen molar-refractivity contribution < 1.29 is 0 Å². The first-order valence-corrected chi connectivity index (χ1v) is 5.87. The molecule has 1 fully saturated rings. The Morgan fingerprint density at radius 3 is 2.62 bits per heavy atom. The predicted octanol–water partition coefficient (Wildman–Crippen LogP) is 3.15. The van der Waals surface area contributed by atoms with Gasteiger partial charge in [0.1, 0.15) is 0 Å². The van der Waals surface area contributed by atoms with Crippen molar-refractivity contribution in [2.24, 2.45) is 11.8 Å². The van der Waals surface area contributed by atoms with Gasteiger partial charge in [-0.05, 0) is 44.6 Å². The molecule has 0 spiro atoms. The fourth-order valence-electron chi connectivity index (χ4n) is 2.42. The molecule has 0 aromatic heterocycles. The SMILES string of the molecule is CCC(C)N1CCC(C)CC(C)C1. The molecule has 1 rings (SSSR count). The smallest absolute Gasteiger partial charge is 0.00644 e. The van der Waals surface area contributed by atoms with E-state index in [1.165, 1.54) is 32.4 Å². The van der Waals surface area contributed by atoms with Gasteiger partial charge in [0.2, 0.25) is 0 Å². The normalized spacial score (nSPS) is 34.2. The highest BCUT2D eigenvalue weighted by Gasteiger charge is 2.21. The van der Waals surface area contributed by atoms with E-state index in [1.54, 1.807) is 0 Å². The Bertz CT molecular complexity index is 144. The molecule has 3 unspecified atom stereocenters. The van der Waals surface area contributed by atoms with Gasteiger partial charge in [-0.3, -0.25) is 0 Å². The summed E-state index contributed by atoms with van der Waals surface area (Å²) in [6.07, 6.45) is 4.11. The number of rotatable bonds is 2. The molecule has 13 heavy (non-hydrogen) atoms. The minimum atomic E-state index is 0.785. The van der Waals surface area contributed by atoms with Crippen molar-refractivity contribution >= 4 is 0 Å². The fraction of sp³-hybridized carbons (Fsp3) is 1.00. The number of nitrogens with zero attached hydrogens (tertiary/aromatic N) is 1. The van der Waals surface area contributed by atoms with Crippen LogP contribution < -0.4 is 0 Å². The summed E-state index contributed by atoms with van der Waals surface area (Å²) >= 11 is 0. The van der Waals surface area contributed by atoms with Gasteiger partial charge < -0.3 is 4.90 Å². The second-order valence-electron chi connectivity index (χ2n) is 4.99. The summed E-state index contributed by atoms with van der Waals surface area (Å²) in [4.78, 5) is 2.67. The van der Waals surface area contributed by atoms with Crippen LogP contribution in [0, 0.1) is 11.8 Å². The van der Waals surface area contributed by atoms with Gasteiger partial charge in [0.25, 0.3) is 0 Å². The van der Waals surface area contributed by atoms with Gasteiger partial charge in [-0.25, -0.2) is 0 Å². The summed E-state index contributed by atoms with van der Waals surface area (Å²) in [6.45, 7) is 12.1. The monoisotopic (exact) mass is 183 g/mol. The first-order valence-electron chi connectivity index (χ1n) is 5.87. The second-order valence-corrected chi connectivity index (χ2v) is 4.99. The average molecular weight is 183 g/mol. The van der Waals surface area contributed by atoms with Gasteiger partial charge in [0.05, 0.1) is 0 Å². The van der Waals surface area contributed by atoms with Crippen molar-refractivity contribution in [3.8, 4) is 0 Å². The van der Waals surface area contributed by atoms with E-state index in [0.29, 0.717) is 0 Å². The summed E-state index contributed by atoms with van der Waals surface area (Å²) in [7, 11) is 0. The highest BCUT2D eigenvalue weighted by molar-refractivity contribution is 4.75. The van der Waals surface area contributed by atoms with Crippen molar-refractivity contribution in [1.82, 2.24) is 4.90 Å². The van der Waals surface area contributed by atoms with Gasteiger partial charge in [-0.1, -0.05) is 20.8 Å². The molecule has 78 valence electrons. The molecule has 1 heterocycles. The van der Waals surface area contributed by atoms with Gasteiger partial charge in [0, 0.05) is 12.6 Å². The maximum Gasteiger partial charge on any atom is 0.00644 e. The Kier molecular flexibility index (Phi) is 4.24. The molecule has 0 bridgehead atoms. The van der Waals surface area contributed by atoms with Crippen molar-refractivity contribution in [2.75, 3.05) is 13.1 Å². The average Bonchev–Trinajstić information content (AvgIpc) is 2.25. The van der Waals surface area contributed by atoms with Crippen molar-refractivity contribution in [3.63, 3.8) is 0 Å². The minimum absolute atomic E-state index is 0.785. The lowest BCUT2D eigenvalue weighted by molar-refractivity contribution is 0.191. The van der Waals surface area contributed by atoms with Crippen LogP contribution in [0.4, 0.5) is 0 Å². The highest BCUT2D eigenvalue weighted by Crippen LogP contribution is 2.22. The van der Waals surface area contributed by atoms with Crippen LogP contribution in [0.5, 0.6) is 0 Å². The number of hydrogen-bond donors (Lipinski definition) is 0. The molecule has 0 amide bonds. The lowest BCUT2D eigenvalue weighted by atomic mass is 9.97. The van der Waals surface area contributed by atoms with Gasteiger partial charge in [0.15, 0.2) is 0 Å². The summed E-state index contributed by atoms with van der Waals surface area (Å²) in [5.74, 6) is 1.83. The zero-order chi connectivity index (χ0) is 9.84. The molecule has 1 aliphatic rings. The van der Waals surface area contributed by atoms with E-state index >= 15 is 0 Å². The molecular weight excluding hydrogens is 158 g/mol. The molecular formula is C12H25N. The van der Waals surface area contributed by atoms with Gasteiger partial charge >= 0.3 is 0 Å². The maximum atomic E-state index is 2.67. The van der Waals surface area contributed by atoms with Gasteiger partial charge in [-0.2, -0.15) is 0 Å². The van der Waals surface area contributed by atoms with E-state index in [2.05, 4.69) is 32.6 Å². The van der Waals surface area contributed by atoms with E-state index < -0.39 is 0 Å². The Hall–Kier alpha value is -0.0400. The lowest BCUT2D eigenvalue weighted by Gasteiger charge is -2.28. The third kappa shape index (κ3) is 3.30. The van der Waals surface area contributed by atoms with Crippen LogP contribution in [0.15, 0.2) is 0 Å². The van der Waals surface area contributed by atoms with E-state index in [4.69, 9.17) is 0 Å². The standard InChI is InChI=1S/C12H25N/c1-5-12(4)13-7-6-10(2)8-11(3)9-13/h10-12H,5-9H2,1-4H3. The van der Waals surface area contributed by atoms with Crippen LogP contribution in [-0.2, 0) is 0 Å². The van der Waals surface area contributed by atoms with Crippen LogP contribution in [0.25, 0.3) is 0 Å². The topological polar surface area (TPSA) is 3.24 Å². The zero-order valence-corrected chi connectivity index (χ0v) is 9.71. The highest BCUT2D eigenvalue weighted by atomic mass is 15.1. The Morgan fingerprint density at radius 2 is 2.00 bits per heavy atom. The predicted molar refractivity (Wildman–Crippen MR) is 58.9 cm³/mol. The van der Waals surface area contributed by atoms with E-state index in [0.717, 1.165) is 17.9 Å². The maximum absolute atomic E-state index is 2.67. The van der Waals surface area contributed by atoms with E-state index in [9.17, 15) is 0 Å². The molecule has 1 nitrogen and oxygen atoms in total. The summed E-state index contributed by atoms with van der Waals surface area (Å²) in [5, 5.41) is 0. The minimum Gasteiger partial charge on any atom is -0.300 e. The van der Waals surface area contributed by atoms with Crippen LogP contribution in [0.1, 0.15) is 47.0 Å². The molecule has 1 heteroatoms. The third-order valence-corrected chi connectivity index (χ3v) is 3.47. The third-order valence-electron chi connectivity index (χ3n) is 3.47.